The summed E-state index contributed by atoms with van der Waals surface area (Å²) >= 11 is 0. The van der Waals surface area contributed by atoms with Crippen LogP contribution in [0.2, 0.25) is 0 Å². The molecule has 4 nitrogen and oxygen atoms in total. The van der Waals surface area contributed by atoms with E-state index in [1.54, 1.807) is 18.3 Å². The number of hydrogen-bond donors (Lipinski definition) is 2. The van der Waals surface area contributed by atoms with E-state index in [0.29, 0.717) is 5.56 Å². The predicted octanol–water partition coefficient (Wildman–Crippen LogP) is 1.53. The third kappa shape index (κ3) is 2.50. The van der Waals surface area contributed by atoms with Crippen LogP contribution in [0.3, 0.4) is 0 Å². The maximum absolute atomic E-state index is 8.93. The predicted molar refractivity (Wildman–Crippen MR) is 60.8 cm³/mol. The molecule has 0 saturated heterocycles. The van der Waals surface area contributed by atoms with Crippen molar-refractivity contribution < 1.29 is 5.11 Å². The van der Waals surface area contributed by atoms with E-state index in [2.05, 4.69) is 16.4 Å². The molecule has 84 valence electrons. The lowest BCUT2D eigenvalue weighted by molar-refractivity contribution is 0.253. The number of nitrogens with zero attached hydrogens (tertiary/aromatic N) is 2. The molecule has 1 aliphatic rings. The van der Waals surface area contributed by atoms with Gasteiger partial charge in [0.25, 0.3) is 0 Å². The van der Waals surface area contributed by atoms with Gasteiger partial charge in [-0.2, -0.15) is 5.26 Å². The van der Waals surface area contributed by atoms with Crippen LogP contribution in [0.25, 0.3) is 0 Å². The highest BCUT2D eigenvalue weighted by atomic mass is 16.3. The number of aliphatic hydroxyl groups excluding tert-OH is 1. The fourth-order valence-corrected chi connectivity index (χ4v) is 1.80. The number of nitriles is 1. The zero-order valence-corrected chi connectivity index (χ0v) is 9.11. The van der Waals surface area contributed by atoms with E-state index in [9.17, 15) is 0 Å². The van der Waals surface area contributed by atoms with Crippen molar-refractivity contribution in [2.24, 2.45) is 5.41 Å². The van der Waals surface area contributed by atoms with Crippen molar-refractivity contribution in [3.8, 4) is 6.07 Å². The Hall–Kier alpha value is -1.60. The molecule has 4 heteroatoms. The normalized spacial score (nSPS) is 16.5. The molecule has 0 aliphatic heterocycles. The van der Waals surface area contributed by atoms with E-state index < -0.39 is 0 Å². The molecule has 0 amide bonds. The third-order valence-corrected chi connectivity index (χ3v) is 3.13. The number of rotatable bonds is 5. The van der Waals surface area contributed by atoms with Gasteiger partial charge in [-0.15, -0.1) is 0 Å². The van der Waals surface area contributed by atoms with Crippen LogP contribution in [0, 0.1) is 16.7 Å². The maximum Gasteiger partial charge on any atom is 0.127 e. The Morgan fingerprint density at radius 1 is 1.56 bits per heavy atom. The number of aromatic nitrogens is 1. The Balaban J connectivity index is 1.92. The maximum atomic E-state index is 8.93. The van der Waals surface area contributed by atoms with Gasteiger partial charge >= 0.3 is 0 Å². The largest absolute Gasteiger partial charge is 0.396 e. The van der Waals surface area contributed by atoms with Gasteiger partial charge in [0.1, 0.15) is 5.82 Å². The van der Waals surface area contributed by atoms with E-state index in [-0.39, 0.29) is 12.0 Å². The molecule has 2 N–H and O–H groups in total. The van der Waals surface area contributed by atoms with Crippen LogP contribution in [0.4, 0.5) is 5.82 Å². The standard InChI is InChI=1S/C12H15N3O/c13-8-10-1-5-14-11(7-10)15-9-12(2-3-12)4-6-16/h1,5,7,16H,2-4,6,9H2,(H,14,15). The lowest BCUT2D eigenvalue weighted by atomic mass is 10.0. The Bertz CT molecular complexity index is 407. The number of nitrogens with one attached hydrogen (secondary N) is 1. The number of pyridine rings is 1. The molecule has 1 heterocycles. The van der Waals surface area contributed by atoms with Gasteiger partial charge in [0, 0.05) is 19.3 Å². The Morgan fingerprint density at radius 3 is 3.00 bits per heavy atom. The van der Waals surface area contributed by atoms with Crippen molar-refractivity contribution in [1.82, 2.24) is 4.98 Å². The Labute approximate surface area is 94.9 Å². The first kappa shape index (κ1) is 10.9. The van der Waals surface area contributed by atoms with Crippen LogP contribution in [0.5, 0.6) is 0 Å². The van der Waals surface area contributed by atoms with Crippen molar-refractivity contribution in [3.63, 3.8) is 0 Å². The summed E-state index contributed by atoms with van der Waals surface area (Å²) in [6.07, 6.45) is 4.81. The minimum absolute atomic E-state index is 0.243. The summed E-state index contributed by atoms with van der Waals surface area (Å²) in [7, 11) is 0. The third-order valence-electron chi connectivity index (χ3n) is 3.13. The van der Waals surface area contributed by atoms with Gasteiger partial charge in [0.2, 0.25) is 0 Å². The highest BCUT2D eigenvalue weighted by Crippen LogP contribution is 2.48. The number of aliphatic hydroxyl groups is 1. The first-order chi connectivity index (χ1) is 7.78. The highest BCUT2D eigenvalue weighted by molar-refractivity contribution is 5.42. The summed E-state index contributed by atoms with van der Waals surface area (Å²) in [6.45, 7) is 1.07. The van der Waals surface area contributed by atoms with Crippen LogP contribution in [0.1, 0.15) is 24.8 Å². The van der Waals surface area contributed by atoms with E-state index in [4.69, 9.17) is 10.4 Å². The second kappa shape index (κ2) is 4.50. The first-order valence-corrected chi connectivity index (χ1v) is 5.49. The quantitative estimate of drug-likeness (QED) is 0.784. The molecule has 16 heavy (non-hydrogen) atoms. The molecule has 0 unspecified atom stereocenters. The van der Waals surface area contributed by atoms with Gasteiger partial charge in [-0.05, 0) is 36.8 Å². The molecule has 0 bridgehead atoms. The number of hydrogen-bond acceptors (Lipinski definition) is 4. The summed E-state index contributed by atoms with van der Waals surface area (Å²) in [5.41, 5.74) is 0.878. The van der Waals surface area contributed by atoms with Crippen molar-refractivity contribution in [1.29, 1.82) is 5.26 Å². The minimum atomic E-state index is 0.243. The van der Waals surface area contributed by atoms with Crippen LogP contribution < -0.4 is 5.32 Å². The molecule has 0 spiro atoms. The molecule has 0 atom stereocenters. The van der Waals surface area contributed by atoms with Gasteiger partial charge in [-0.1, -0.05) is 0 Å². The fraction of sp³-hybridized carbons (Fsp3) is 0.500. The highest BCUT2D eigenvalue weighted by Gasteiger charge is 2.41. The topological polar surface area (TPSA) is 68.9 Å². The first-order valence-electron chi connectivity index (χ1n) is 5.49. The smallest absolute Gasteiger partial charge is 0.127 e. The molecule has 1 aromatic heterocycles. The van der Waals surface area contributed by atoms with Crippen LogP contribution in [-0.4, -0.2) is 23.2 Å². The molecule has 0 aromatic carbocycles. The van der Waals surface area contributed by atoms with Crippen molar-refractivity contribution in [2.45, 2.75) is 19.3 Å². The van der Waals surface area contributed by atoms with E-state index in [0.717, 1.165) is 18.8 Å². The average Bonchev–Trinajstić information content (AvgIpc) is 3.08. The van der Waals surface area contributed by atoms with E-state index in [1.807, 2.05) is 0 Å². The summed E-state index contributed by atoms with van der Waals surface area (Å²) in [4.78, 5) is 4.15. The van der Waals surface area contributed by atoms with E-state index >= 15 is 0 Å². The molecule has 1 fully saturated rings. The van der Waals surface area contributed by atoms with Crippen LogP contribution >= 0.6 is 0 Å². The summed E-state index contributed by atoms with van der Waals surface area (Å²) in [6, 6.07) is 5.52. The zero-order chi connectivity index (χ0) is 11.4. The van der Waals surface area contributed by atoms with Gasteiger partial charge in [0.15, 0.2) is 0 Å². The van der Waals surface area contributed by atoms with Gasteiger partial charge in [-0.25, -0.2) is 4.98 Å². The molecule has 2 rings (SSSR count). The van der Waals surface area contributed by atoms with Crippen LogP contribution in [-0.2, 0) is 0 Å². The Morgan fingerprint density at radius 2 is 2.38 bits per heavy atom. The van der Waals surface area contributed by atoms with Gasteiger partial charge < -0.3 is 10.4 Å². The number of anilines is 1. The SMILES string of the molecule is N#Cc1ccnc(NCC2(CCO)CC2)c1. The molecular weight excluding hydrogens is 202 g/mol. The van der Waals surface area contributed by atoms with Crippen molar-refractivity contribution >= 4 is 5.82 Å². The lowest BCUT2D eigenvalue weighted by Crippen LogP contribution is -2.17. The summed E-state index contributed by atoms with van der Waals surface area (Å²) in [5.74, 6) is 0.739. The summed E-state index contributed by atoms with van der Waals surface area (Å²) in [5, 5.41) is 20.9. The van der Waals surface area contributed by atoms with Crippen LogP contribution in [0.15, 0.2) is 18.3 Å². The molecule has 1 saturated carbocycles. The van der Waals surface area contributed by atoms with Crippen molar-refractivity contribution in [2.75, 3.05) is 18.5 Å². The van der Waals surface area contributed by atoms with Gasteiger partial charge in [-0.3, -0.25) is 0 Å². The molecule has 1 aromatic rings. The lowest BCUT2D eigenvalue weighted by Gasteiger charge is -2.14. The summed E-state index contributed by atoms with van der Waals surface area (Å²) < 4.78 is 0. The van der Waals surface area contributed by atoms with Crippen molar-refractivity contribution in [3.05, 3.63) is 23.9 Å². The zero-order valence-electron chi connectivity index (χ0n) is 9.11. The van der Waals surface area contributed by atoms with E-state index in [1.165, 1.54) is 12.8 Å². The molecule has 1 aliphatic carbocycles. The molecule has 0 radical (unpaired) electrons. The second-order valence-electron chi connectivity index (χ2n) is 4.37. The fourth-order valence-electron chi connectivity index (χ4n) is 1.80. The minimum Gasteiger partial charge on any atom is -0.396 e. The Kier molecular flexibility index (Phi) is 3.07. The second-order valence-corrected chi connectivity index (χ2v) is 4.37. The average molecular weight is 217 g/mol. The monoisotopic (exact) mass is 217 g/mol. The van der Waals surface area contributed by atoms with Gasteiger partial charge in [0.05, 0.1) is 11.6 Å². The molecular formula is C12H15N3O.